The van der Waals surface area contributed by atoms with E-state index in [0.717, 1.165) is 39.4 Å². The zero-order valence-corrected chi connectivity index (χ0v) is 22.3. The van der Waals surface area contributed by atoms with Gasteiger partial charge >= 0.3 is 0 Å². The number of hydrogen-bond acceptors (Lipinski definition) is 5. The van der Waals surface area contributed by atoms with Gasteiger partial charge in [-0.1, -0.05) is 36.4 Å². The van der Waals surface area contributed by atoms with Crippen molar-refractivity contribution in [1.29, 1.82) is 0 Å². The minimum absolute atomic E-state index is 0.357. The van der Waals surface area contributed by atoms with Crippen molar-refractivity contribution in [3.63, 3.8) is 0 Å². The number of pyridine rings is 2. The van der Waals surface area contributed by atoms with Crippen LogP contribution in [0.3, 0.4) is 0 Å². The second kappa shape index (κ2) is 11.2. The van der Waals surface area contributed by atoms with Crippen molar-refractivity contribution in [3.8, 4) is 11.1 Å². The molecular formula is C32H31N5O2. The Labute approximate surface area is 227 Å². The molecule has 7 heteroatoms. The first-order valence-electron chi connectivity index (χ1n) is 12.9. The molecule has 196 valence electrons. The van der Waals surface area contributed by atoms with Crippen LogP contribution in [0.5, 0.6) is 0 Å². The van der Waals surface area contributed by atoms with Crippen LogP contribution in [0.1, 0.15) is 27.3 Å². The van der Waals surface area contributed by atoms with Crippen LogP contribution in [0.25, 0.3) is 16.6 Å². The van der Waals surface area contributed by atoms with Gasteiger partial charge < -0.3 is 20.4 Å². The molecule has 0 unspecified atom stereocenters. The molecule has 0 fully saturated rings. The zero-order chi connectivity index (χ0) is 27.4. The molecule has 2 aromatic carbocycles. The maximum atomic E-state index is 13.5. The largest absolute Gasteiger partial charge is 0.383 e. The standard InChI is InChI=1S/C32H31N5O2/c1-21-19-22(2)35-28(20-21)34-17-16-33-25-12-14-26(15-13-25)36-32(39)31(38)30-29(24-9-5-4-6-10-24)23(3)27-11-7-8-18-37(27)30/h4-15,18-20,33H,16-17H2,1-3H3,(H,34,35)(H,36,39). The van der Waals surface area contributed by atoms with Crippen molar-refractivity contribution in [2.45, 2.75) is 20.8 Å². The smallest absolute Gasteiger partial charge is 0.298 e. The van der Waals surface area contributed by atoms with E-state index >= 15 is 0 Å². The molecule has 0 bridgehead atoms. The highest BCUT2D eigenvalue weighted by atomic mass is 16.2. The summed E-state index contributed by atoms with van der Waals surface area (Å²) < 4.78 is 1.80. The quantitative estimate of drug-likeness (QED) is 0.122. The second-order valence-electron chi connectivity index (χ2n) is 9.56. The van der Waals surface area contributed by atoms with Gasteiger partial charge in [-0.05, 0) is 86.0 Å². The Morgan fingerprint density at radius 3 is 2.23 bits per heavy atom. The molecule has 0 saturated carbocycles. The summed E-state index contributed by atoms with van der Waals surface area (Å²) in [5.74, 6) is -0.406. The fraction of sp³-hybridized carbons (Fsp3) is 0.156. The summed E-state index contributed by atoms with van der Waals surface area (Å²) in [6.07, 6.45) is 1.82. The van der Waals surface area contributed by atoms with Gasteiger partial charge in [0.25, 0.3) is 11.7 Å². The number of hydrogen-bond donors (Lipinski definition) is 3. The summed E-state index contributed by atoms with van der Waals surface area (Å²) in [4.78, 5) is 31.1. The summed E-state index contributed by atoms with van der Waals surface area (Å²) >= 11 is 0. The van der Waals surface area contributed by atoms with Crippen LogP contribution in [0, 0.1) is 20.8 Å². The fourth-order valence-electron chi connectivity index (χ4n) is 4.85. The molecule has 0 radical (unpaired) electrons. The van der Waals surface area contributed by atoms with E-state index in [1.54, 1.807) is 16.5 Å². The fourth-order valence-corrected chi connectivity index (χ4v) is 4.85. The SMILES string of the molecule is Cc1cc(C)nc(NCCNc2ccc(NC(=O)C(=O)c3c(-c4ccccc4)c(C)c4ccccn34)cc2)c1. The van der Waals surface area contributed by atoms with Crippen molar-refractivity contribution in [2.24, 2.45) is 0 Å². The maximum Gasteiger partial charge on any atom is 0.298 e. The van der Waals surface area contributed by atoms with Crippen molar-refractivity contribution < 1.29 is 9.59 Å². The second-order valence-corrected chi connectivity index (χ2v) is 9.56. The van der Waals surface area contributed by atoms with Gasteiger partial charge in [-0.2, -0.15) is 0 Å². The van der Waals surface area contributed by atoms with Gasteiger partial charge in [-0.25, -0.2) is 4.98 Å². The van der Waals surface area contributed by atoms with Gasteiger partial charge in [0.2, 0.25) is 0 Å². The lowest BCUT2D eigenvalue weighted by atomic mass is 9.99. The number of Topliss-reactive ketones (excluding diaryl/α,β-unsaturated/α-hetero) is 1. The number of aryl methyl sites for hydroxylation is 3. The maximum absolute atomic E-state index is 13.5. The van der Waals surface area contributed by atoms with Gasteiger partial charge in [0.15, 0.2) is 0 Å². The predicted molar refractivity (Wildman–Crippen MR) is 158 cm³/mol. The van der Waals surface area contributed by atoms with E-state index in [-0.39, 0.29) is 0 Å². The van der Waals surface area contributed by atoms with Gasteiger partial charge in [0.1, 0.15) is 11.5 Å². The number of amides is 1. The number of fused-ring (bicyclic) bond motifs is 1. The molecule has 0 aliphatic heterocycles. The average Bonchev–Trinajstić information content (AvgIpc) is 3.23. The Morgan fingerprint density at radius 1 is 0.795 bits per heavy atom. The molecular weight excluding hydrogens is 486 g/mol. The van der Waals surface area contributed by atoms with Crippen LogP contribution in [0.2, 0.25) is 0 Å². The summed E-state index contributed by atoms with van der Waals surface area (Å²) in [5.41, 5.74) is 7.49. The van der Waals surface area contributed by atoms with Crippen LogP contribution in [0.15, 0.2) is 91.1 Å². The summed E-state index contributed by atoms with van der Waals surface area (Å²) in [5, 5.41) is 9.44. The van der Waals surface area contributed by atoms with Crippen LogP contribution in [-0.2, 0) is 4.79 Å². The third-order valence-corrected chi connectivity index (χ3v) is 6.58. The molecule has 7 nitrogen and oxygen atoms in total. The molecule has 3 heterocycles. The monoisotopic (exact) mass is 517 g/mol. The van der Waals surface area contributed by atoms with E-state index in [1.807, 2.05) is 92.8 Å². The molecule has 39 heavy (non-hydrogen) atoms. The van der Waals surface area contributed by atoms with Gasteiger partial charge in [-0.3, -0.25) is 9.59 Å². The van der Waals surface area contributed by atoms with Crippen molar-refractivity contribution >= 4 is 34.4 Å². The molecule has 1 amide bonds. The van der Waals surface area contributed by atoms with Gasteiger partial charge in [0, 0.05) is 47.4 Å². The highest BCUT2D eigenvalue weighted by Crippen LogP contribution is 2.33. The number of anilines is 3. The number of ketones is 1. The number of rotatable bonds is 9. The average molecular weight is 518 g/mol. The van der Waals surface area contributed by atoms with Crippen molar-refractivity contribution in [3.05, 3.63) is 114 Å². The lowest BCUT2D eigenvalue weighted by Crippen LogP contribution is -2.24. The number of nitrogens with one attached hydrogen (secondary N) is 3. The Kier molecular flexibility index (Phi) is 7.41. The topological polar surface area (TPSA) is 87.5 Å². The molecule has 0 saturated heterocycles. The molecule has 3 N–H and O–H groups in total. The Hall–Kier alpha value is -4.91. The minimum atomic E-state index is -0.679. The van der Waals surface area contributed by atoms with Crippen molar-refractivity contribution in [2.75, 3.05) is 29.0 Å². The molecule has 0 atom stereocenters. The van der Waals surface area contributed by atoms with E-state index in [2.05, 4.69) is 27.9 Å². The first kappa shape index (κ1) is 25.7. The Balaban J connectivity index is 1.25. The van der Waals surface area contributed by atoms with E-state index in [0.29, 0.717) is 24.5 Å². The molecule has 0 aliphatic carbocycles. The normalized spacial score (nSPS) is 10.8. The van der Waals surface area contributed by atoms with E-state index in [4.69, 9.17) is 0 Å². The number of aromatic nitrogens is 2. The molecule has 5 aromatic rings. The molecule has 5 rings (SSSR count). The molecule has 0 aliphatic rings. The summed E-state index contributed by atoms with van der Waals surface area (Å²) in [7, 11) is 0. The molecule has 0 spiro atoms. The summed E-state index contributed by atoms with van der Waals surface area (Å²) in [6.45, 7) is 7.41. The van der Waals surface area contributed by atoms with Gasteiger partial charge in [0.05, 0.1) is 0 Å². The number of nitrogens with zero attached hydrogens (tertiary/aromatic N) is 2. The van der Waals surface area contributed by atoms with Crippen LogP contribution >= 0.6 is 0 Å². The number of carbonyl (C=O) groups is 2. The number of carbonyl (C=O) groups excluding carboxylic acids is 2. The predicted octanol–water partition coefficient (Wildman–Crippen LogP) is 6.27. The summed E-state index contributed by atoms with van der Waals surface area (Å²) in [6, 6.07) is 26.8. The zero-order valence-electron chi connectivity index (χ0n) is 22.3. The highest BCUT2D eigenvalue weighted by Gasteiger charge is 2.27. The van der Waals surface area contributed by atoms with Crippen LogP contribution in [0.4, 0.5) is 17.2 Å². The van der Waals surface area contributed by atoms with Gasteiger partial charge in [-0.15, -0.1) is 0 Å². The third-order valence-electron chi connectivity index (χ3n) is 6.58. The van der Waals surface area contributed by atoms with E-state index < -0.39 is 11.7 Å². The first-order chi connectivity index (χ1) is 18.9. The van der Waals surface area contributed by atoms with Crippen LogP contribution < -0.4 is 16.0 Å². The van der Waals surface area contributed by atoms with Crippen molar-refractivity contribution in [1.82, 2.24) is 9.38 Å². The lowest BCUT2D eigenvalue weighted by molar-refractivity contribution is -0.112. The van der Waals surface area contributed by atoms with E-state index in [1.165, 1.54) is 5.56 Å². The Morgan fingerprint density at radius 2 is 1.49 bits per heavy atom. The number of benzene rings is 2. The highest BCUT2D eigenvalue weighted by molar-refractivity contribution is 6.47. The lowest BCUT2D eigenvalue weighted by Gasteiger charge is -2.11. The molecule has 3 aromatic heterocycles. The van der Waals surface area contributed by atoms with E-state index in [9.17, 15) is 9.59 Å². The van der Waals surface area contributed by atoms with Crippen LogP contribution in [-0.4, -0.2) is 34.2 Å². The minimum Gasteiger partial charge on any atom is -0.383 e. The Bertz CT molecular complexity index is 1620. The third kappa shape index (κ3) is 5.67. The first-order valence-corrected chi connectivity index (χ1v) is 12.9.